The molecule has 24 heavy (non-hydrogen) atoms. The van der Waals surface area contributed by atoms with Crippen LogP contribution < -0.4 is 11.1 Å². The standard InChI is InChI=1S/C17H12ClN3O3/c18-12-5-1-10(2-6-12)15-9-14(21-24-15)17(23)20-13-7-3-11(4-8-13)16(19)22/h1-9H,(H2,19,22)(H,20,23). The van der Waals surface area contributed by atoms with Crippen molar-refractivity contribution in [3.63, 3.8) is 0 Å². The lowest BCUT2D eigenvalue weighted by Crippen LogP contribution is -2.13. The van der Waals surface area contributed by atoms with Gasteiger partial charge in [0.1, 0.15) is 0 Å². The van der Waals surface area contributed by atoms with Gasteiger partial charge < -0.3 is 15.6 Å². The zero-order valence-corrected chi connectivity index (χ0v) is 13.1. The third kappa shape index (κ3) is 3.44. The number of anilines is 1. The molecule has 0 fully saturated rings. The van der Waals surface area contributed by atoms with Crippen molar-refractivity contribution in [3.05, 3.63) is 70.9 Å². The van der Waals surface area contributed by atoms with Crippen LogP contribution >= 0.6 is 11.6 Å². The van der Waals surface area contributed by atoms with Crippen LogP contribution in [0, 0.1) is 0 Å². The first-order valence-electron chi connectivity index (χ1n) is 6.97. The van der Waals surface area contributed by atoms with Gasteiger partial charge in [-0.3, -0.25) is 9.59 Å². The fraction of sp³-hybridized carbons (Fsp3) is 0. The van der Waals surface area contributed by atoms with E-state index in [4.69, 9.17) is 21.9 Å². The van der Waals surface area contributed by atoms with Gasteiger partial charge in [0.05, 0.1) is 0 Å². The van der Waals surface area contributed by atoms with Gasteiger partial charge in [-0.1, -0.05) is 16.8 Å². The number of carbonyl (C=O) groups is 2. The van der Waals surface area contributed by atoms with Gasteiger partial charge in [-0.05, 0) is 48.5 Å². The summed E-state index contributed by atoms with van der Waals surface area (Å²) in [4.78, 5) is 23.2. The van der Waals surface area contributed by atoms with Crippen molar-refractivity contribution in [1.29, 1.82) is 0 Å². The summed E-state index contributed by atoms with van der Waals surface area (Å²) < 4.78 is 5.18. The van der Waals surface area contributed by atoms with E-state index < -0.39 is 11.8 Å². The van der Waals surface area contributed by atoms with Gasteiger partial charge in [0.2, 0.25) is 5.91 Å². The van der Waals surface area contributed by atoms with E-state index in [1.165, 1.54) is 18.2 Å². The van der Waals surface area contributed by atoms with Crippen molar-refractivity contribution < 1.29 is 14.1 Å². The van der Waals surface area contributed by atoms with Crippen LogP contribution in [0.25, 0.3) is 11.3 Å². The van der Waals surface area contributed by atoms with Gasteiger partial charge in [0, 0.05) is 27.9 Å². The zero-order chi connectivity index (χ0) is 17.1. The fourth-order valence-electron chi connectivity index (χ4n) is 2.05. The Hall–Kier alpha value is -3.12. The first kappa shape index (κ1) is 15.8. The molecule has 0 saturated carbocycles. The molecule has 3 aromatic rings. The first-order chi connectivity index (χ1) is 11.5. The molecule has 0 radical (unpaired) electrons. The third-order valence-electron chi connectivity index (χ3n) is 3.30. The molecule has 0 saturated heterocycles. The molecule has 1 heterocycles. The molecule has 2 aromatic carbocycles. The maximum absolute atomic E-state index is 12.2. The van der Waals surface area contributed by atoms with Gasteiger partial charge in [0.25, 0.3) is 5.91 Å². The van der Waals surface area contributed by atoms with Crippen LogP contribution in [0.15, 0.2) is 59.1 Å². The third-order valence-corrected chi connectivity index (χ3v) is 3.55. The second-order valence-corrected chi connectivity index (χ2v) is 5.42. The van der Waals surface area contributed by atoms with Gasteiger partial charge in [-0.2, -0.15) is 0 Å². The van der Waals surface area contributed by atoms with Crippen molar-refractivity contribution in [2.24, 2.45) is 5.73 Å². The lowest BCUT2D eigenvalue weighted by Gasteiger charge is -2.03. The maximum atomic E-state index is 12.2. The van der Waals surface area contributed by atoms with Crippen molar-refractivity contribution in [2.45, 2.75) is 0 Å². The first-order valence-corrected chi connectivity index (χ1v) is 7.34. The highest BCUT2D eigenvalue weighted by molar-refractivity contribution is 6.30. The quantitative estimate of drug-likeness (QED) is 0.760. The summed E-state index contributed by atoms with van der Waals surface area (Å²) in [5.74, 6) is -0.497. The number of primary amides is 1. The van der Waals surface area contributed by atoms with Gasteiger partial charge in [-0.25, -0.2) is 0 Å². The lowest BCUT2D eigenvalue weighted by molar-refractivity contribution is 0.0997. The number of nitrogens with two attached hydrogens (primary N) is 1. The van der Waals surface area contributed by atoms with Crippen molar-refractivity contribution in [1.82, 2.24) is 5.16 Å². The smallest absolute Gasteiger partial charge is 0.277 e. The topological polar surface area (TPSA) is 98.2 Å². The van der Waals surface area contributed by atoms with Crippen LogP contribution in [0.2, 0.25) is 5.02 Å². The Labute approximate surface area is 142 Å². The van der Waals surface area contributed by atoms with Gasteiger partial charge in [-0.15, -0.1) is 0 Å². The van der Waals surface area contributed by atoms with Crippen molar-refractivity contribution in [2.75, 3.05) is 5.32 Å². The summed E-state index contributed by atoms with van der Waals surface area (Å²) in [7, 11) is 0. The monoisotopic (exact) mass is 341 g/mol. The molecule has 2 amide bonds. The highest BCUT2D eigenvalue weighted by atomic mass is 35.5. The van der Waals surface area contributed by atoms with Crippen molar-refractivity contribution >= 4 is 29.1 Å². The van der Waals surface area contributed by atoms with E-state index >= 15 is 0 Å². The van der Waals surface area contributed by atoms with E-state index in [2.05, 4.69) is 10.5 Å². The fourth-order valence-corrected chi connectivity index (χ4v) is 2.17. The minimum atomic E-state index is -0.531. The summed E-state index contributed by atoms with van der Waals surface area (Å²) >= 11 is 5.84. The molecule has 0 atom stereocenters. The Morgan fingerprint density at radius 3 is 2.33 bits per heavy atom. The molecule has 0 aliphatic carbocycles. The van der Waals surface area contributed by atoms with Crippen LogP contribution in [-0.2, 0) is 0 Å². The Bertz CT molecular complexity index is 886. The van der Waals surface area contributed by atoms with Gasteiger partial charge >= 0.3 is 0 Å². The molecule has 0 aliphatic rings. The average Bonchev–Trinajstić information content (AvgIpc) is 3.06. The summed E-state index contributed by atoms with van der Waals surface area (Å²) in [6.45, 7) is 0. The molecule has 0 bridgehead atoms. The number of amides is 2. The van der Waals surface area contributed by atoms with Crippen molar-refractivity contribution in [3.8, 4) is 11.3 Å². The predicted molar refractivity (Wildman–Crippen MR) is 89.9 cm³/mol. The van der Waals surface area contributed by atoms with Gasteiger partial charge in [0.15, 0.2) is 11.5 Å². The summed E-state index contributed by atoms with van der Waals surface area (Å²) in [6, 6.07) is 14.7. The van der Waals surface area contributed by atoms with Crippen LogP contribution in [0.4, 0.5) is 5.69 Å². The number of halogens is 1. The molecular weight excluding hydrogens is 330 g/mol. The van der Waals surface area contributed by atoms with Crippen LogP contribution in [0.3, 0.4) is 0 Å². The molecule has 3 rings (SSSR count). The molecule has 0 aliphatic heterocycles. The second-order valence-electron chi connectivity index (χ2n) is 4.98. The van der Waals surface area contributed by atoms with E-state index in [1.807, 2.05) is 0 Å². The largest absolute Gasteiger partial charge is 0.366 e. The molecule has 6 nitrogen and oxygen atoms in total. The van der Waals surface area contributed by atoms with Crippen LogP contribution in [0.1, 0.15) is 20.8 Å². The van der Waals surface area contributed by atoms with E-state index in [0.29, 0.717) is 22.0 Å². The highest BCUT2D eigenvalue weighted by Crippen LogP contribution is 2.22. The molecule has 1 aromatic heterocycles. The number of aromatic nitrogens is 1. The Morgan fingerprint density at radius 2 is 1.71 bits per heavy atom. The van der Waals surface area contributed by atoms with E-state index in [1.54, 1.807) is 36.4 Å². The number of hydrogen-bond acceptors (Lipinski definition) is 4. The Kier molecular flexibility index (Phi) is 4.31. The van der Waals surface area contributed by atoms with E-state index in [-0.39, 0.29) is 5.69 Å². The number of carbonyl (C=O) groups excluding carboxylic acids is 2. The second kappa shape index (κ2) is 6.55. The summed E-state index contributed by atoms with van der Waals surface area (Å²) in [5, 5.41) is 7.03. The number of nitrogens with zero attached hydrogens (tertiary/aromatic N) is 1. The minimum Gasteiger partial charge on any atom is -0.366 e. The minimum absolute atomic E-state index is 0.138. The molecule has 0 unspecified atom stereocenters. The summed E-state index contributed by atoms with van der Waals surface area (Å²) in [6.07, 6.45) is 0. The number of hydrogen-bond donors (Lipinski definition) is 2. The highest BCUT2D eigenvalue weighted by Gasteiger charge is 2.14. The molecule has 7 heteroatoms. The summed E-state index contributed by atoms with van der Waals surface area (Å²) in [5.41, 5.74) is 6.94. The Balaban J connectivity index is 1.73. The van der Waals surface area contributed by atoms with E-state index in [9.17, 15) is 9.59 Å². The molecule has 3 N–H and O–H groups in total. The number of benzene rings is 2. The normalized spacial score (nSPS) is 10.4. The SMILES string of the molecule is NC(=O)c1ccc(NC(=O)c2cc(-c3ccc(Cl)cc3)on2)cc1. The Morgan fingerprint density at radius 1 is 1.04 bits per heavy atom. The zero-order valence-electron chi connectivity index (χ0n) is 12.3. The molecule has 0 spiro atoms. The maximum Gasteiger partial charge on any atom is 0.277 e. The number of nitrogens with one attached hydrogen (secondary N) is 1. The molecular formula is C17H12ClN3O3. The van der Waals surface area contributed by atoms with Crippen LogP contribution in [-0.4, -0.2) is 17.0 Å². The molecule has 120 valence electrons. The van der Waals surface area contributed by atoms with Crippen LogP contribution in [0.5, 0.6) is 0 Å². The predicted octanol–water partition coefficient (Wildman–Crippen LogP) is 3.35. The van der Waals surface area contributed by atoms with E-state index in [0.717, 1.165) is 5.56 Å². The lowest BCUT2D eigenvalue weighted by atomic mass is 10.1. The average molecular weight is 342 g/mol. The number of rotatable bonds is 4.